The number of ether oxygens (including phenoxy) is 1. The highest BCUT2D eigenvalue weighted by Gasteiger charge is 2.20. The summed E-state index contributed by atoms with van der Waals surface area (Å²) in [7, 11) is 0. The van der Waals surface area contributed by atoms with Gasteiger partial charge in [-0.05, 0) is 45.0 Å². The maximum atomic E-state index is 10.1. The van der Waals surface area contributed by atoms with Crippen LogP contribution in [0.25, 0.3) is 0 Å². The van der Waals surface area contributed by atoms with Gasteiger partial charge in [0.2, 0.25) is 0 Å². The van der Waals surface area contributed by atoms with Crippen molar-refractivity contribution in [3.63, 3.8) is 0 Å². The third kappa shape index (κ3) is 5.76. The fraction of sp³-hybridized carbons (Fsp3) is 0.647. The third-order valence-corrected chi connectivity index (χ3v) is 3.99. The standard InChI is InChI=1S/C17H27ClN2O2/c1-17(2,3)22-13-16(21)12-19-8-10-20(11-9-19)15-6-4-14(18)5-7-15/h4-7,16,21H,8-13H2,1-3H3. The van der Waals surface area contributed by atoms with Gasteiger partial charge in [0.1, 0.15) is 0 Å². The molecule has 1 aromatic rings. The molecule has 1 atom stereocenters. The summed E-state index contributed by atoms with van der Waals surface area (Å²) in [6.45, 7) is 10.9. The van der Waals surface area contributed by atoms with Crippen LogP contribution in [0, 0.1) is 0 Å². The number of hydrogen-bond donors (Lipinski definition) is 1. The van der Waals surface area contributed by atoms with Gasteiger partial charge in [0.25, 0.3) is 0 Å². The monoisotopic (exact) mass is 326 g/mol. The van der Waals surface area contributed by atoms with E-state index in [1.165, 1.54) is 5.69 Å². The molecule has 4 nitrogen and oxygen atoms in total. The number of benzene rings is 1. The van der Waals surface area contributed by atoms with Crippen molar-refractivity contribution >= 4 is 17.3 Å². The van der Waals surface area contributed by atoms with Crippen molar-refractivity contribution < 1.29 is 9.84 Å². The first-order valence-corrected chi connectivity index (χ1v) is 8.26. The highest BCUT2D eigenvalue weighted by Crippen LogP contribution is 2.19. The first-order valence-electron chi connectivity index (χ1n) is 7.88. The van der Waals surface area contributed by atoms with Crippen LogP contribution in [-0.4, -0.2) is 61.0 Å². The first-order chi connectivity index (χ1) is 10.3. The normalized spacial score (nSPS) is 18.5. The van der Waals surface area contributed by atoms with E-state index in [2.05, 4.69) is 21.9 Å². The summed E-state index contributed by atoms with van der Waals surface area (Å²) in [5.74, 6) is 0. The molecule has 124 valence electrons. The van der Waals surface area contributed by atoms with Gasteiger partial charge in [-0.25, -0.2) is 0 Å². The van der Waals surface area contributed by atoms with Gasteiger partial charge >= 0.3 is 0 Å². The van der Waals surface area contributed by atoms with Crippen LogP contribution in [0.2, 0.25) is 5.02 Å². The fourth-order valence-corrected chi connectivity index (χ4v) is 2.66. The molecule has 0 radical (unpaired) electrons. The van der Waals surface area contributed by atoms with Crippen LogP contribution in [-0.2, 0) is 4.74 Å². The molecule has 1 aliphatic rings. The van der Waals surface area contributed by atoms with E-state index in [1.807, 2.05) is 32.9 Å². The van der Waals surface area contributed by atoms with Gasteiger partial charge < -0.3 is 14.7 Å². The van der Waals surface area contributed by atoms with Crippen LogP contribution in [0.5, 0.6) is 0 Å². The second-order valence-corrected chi connectivity index (χ2v) is 7.28. The van der Waals surface area contributed by atoms with E-state index in [4.69, 9.17) is 16.3 Å². The van der Waals surface area contributed by atoms with Gasteiger partial charge in [-0.2, -0.15) is 0 Å². The maximum Gasteiger partial charge on any atom is 0.0900 e. The minimum absolute atomic E-state index is 0.200. The second-order valence-electron chi connectivity index (χ2n) is 6.84. The lowest BCUT2D eigenvalue weighted by Gasteiger charge is -2.37. The highest BCUT2D eigenvalue weighted by molar-refractivity contribution is 6.30. The Bertz CT molecular complexity index is 451. The number of hydrogen-bond acceptors (Lipinski definition) is 4. The molecule has 0 saturated carbocycles. The summed E-state index contributed by atoms with van der Waals surface area (Å²) in [6.07, 6.45) is -0.429. The number of rotatable bonds is 5. The van der Waals surface area contributed by atoms with Crippen LogP contribution < -0.4 is 4.90 Å². The molecular weight excluding hydrogens is 300 g/mol. The molecule has 0 spiro atoms. The van der Waals surface area contributed by atoms with Crippen molar-refractivity contribution in [3.05, 3.63) is 29.3 Å². The molecular formula is C17H27ClN2O2. The maximum absolute atomic E-state index is 10.1. The molecule has 1 saturated heterocycles. The summed E-state index contributed by atoms with van der Waals surface area (Å²) in [5.41, 5.74) is 1.01. The Hall–Kier alpha value is -0.810. The van der Waals surface area contributed by atoms with Crippen molar-refractivity contribution in [1.29, 1.82) is 0 Å². The van der Waals surface area contributed by atoms with Gasteiger partial charge in [0.15, 0.2) is 0 Å². The highest BCUT2D eigenvalue weighted by atomic mass is 35.5. The Morgan fingerprint density at radius 3 is 2.27 bits per heavy atom. The molecule has 5 heteroatoms. The predicted octanol–water partition coefficient (Wildman–Crippen LogP) is 2.64. The van der Waals surface area contributed by atoms with E-state index >= 15 is 0 Å². The van der Waals surface area contributed by atoms with Crippen LogP contribution in [0.1, 0.15) is 20.8 Å². The van der Waals surface area contributed by atoms with Crippen LogP contribution in [0.3, 0.4) is 0 Å². The molecule has 0 amide bonds. The van der Waals surface area contributed by atoms with E-state index in [0.29, 0.717) is 13.2 Å². The van der Waals surface area contributed by atoms with Gasteiger partial charge in [-0.15, -0.1) is 0 Å². The molecule has 0 aliphatic carbocycles. The number of nitrogens with zero attached hydrogens (tertiary/aromatic N) is 2. The average molecular weight is 327 g/mol. The molecule has 22 heavy (non-hydrogen) atoms. The zero-order valence-corrected chi connectivity index (χ0v) is 14.5. The fourth-order valence-electron chi connectivity index (χ4n) is 2.54. The van der Waals surface area contributed by atoms with Crippen LogP contribution in [0.15, 0.2) is 24.3 Å². The zero-order chi connectivity index (χ0) is 16.2. The summed E-state index contributed by atoms with van der Waals surface area (Å²) in [4.78, 5) is 4.65. The molecule has 1 N–H and O–H groups in total. The van der Waals surface area contributed by atoms with Gasteiger partial charge in [-0.1, -0.05) is 11.6 Å². The van der Waals surface area contributed by atoms with E-state index < -0.39 is 6.10 Å². The Balaban J connectivity index is 1.74. The van der Waals surface area contributed by atoms with Crippen molar-refractivity contribution in [1.82, 2.24) is 4.90 Å². The zero-order valence-electron chi connectivity index (χ0n) is 13.8. The van der Waals surface area contributed by atoms with E-state index in [-0.39, 0.29) is 5.60 Å². The topological polar surface area (TPSA) is 35.9 Å². The van der Waals surface area contributed by atoms with Crippen molar-refractivity contribution in [2.75, 3.05) is 44.2 Å². The number of β-amino-alcohol motifs (C(OH)–C–C–N with tert-alkyl or cyclic N) is 1. The lowest BCUT2D eigenvalue weighted by molar-refractivity contribution is -0.0563. The van der Waals surface area contributed by atoms with E-state index in [9.17, 15) is 5.11 Å². The number of piperazine rings is 1. The average Bonchev–Trinajstić information content (AvgIpc) is 2.46. The van der Waals surface area contributed by atoms with Crippen LogP contribution >= 0.6 is 11.6 Å². The molecule has 0 bridgehead atoms. The van der Waals surface area contributed by atoms with E-state index in [0.717, 1.165) is 31.2 Å². The molecule has 0 aromatic heterocycles. The molecule has 1 aliphatic heterocycles. The predicted molar refractivity (Wildman–Crippen MR) is 91.8 cm³/mol. The minimum Gasteiger partial charge on any atom is -0.389 e. The molecule has 2 rings (SSSR count). The van der Waals surface area contributed by atoms with E-state index in [1.54, 1.807) is 0 Å². The summed E-state index contributed by atoms with van der Waals surface area (Å²) < 4.78 is 5.63. The lowest BCUT2D eigenvalue weighted by atomic mass is 10.2. The summed E-state index contributed by atoms with van der Waals surface area (Å²) >= 11 is 5.93. The molecule has 1 aromatic carbocycles. The quantitative estimate of drug-likeness (QED) is 0.902. The van der Waals surface area contributed by atoms with Crippen molar-refractivity contribution in [3.8, 4) is 0 Å². The molecule has 1 fully saturated rings. The summed E-state index contributed by atoms with van der Waals surface area (Å²) in [5, 5.41) is 10.9. The van der Waals surface area contributed by atoms with Gasteiger partial charge in [-0.3, -0.25) is 4.90 Å². The number of anilines is 1. The van der Waals surface area contributed by atoms with Gasteiger partial charge in [0.05, 0.1) is 18.3 Å². The Morgan fingerprint density at radius 2 is 1.73 bits per heavy atom. The minimum atomic E-state index is -0.429. The number of halogens is 1. The number of aliphatic hydroxyl groups excluding tert-OH is 1. The van der Waals surface area contributed by atoms with Crippen LogP contribution in [0.4, 0.5) is 5.69 Å². The third-order valence-electron chi connectivity index (χ3n) is 3.74. The summed E-state index contributed by atoms with van der Waals surface area (Å²) in [6, 6.07) is 7.97. The van der Waals surface area contributed by atoms with Gasteiger partial charge in [0, 0.05) is 43.4 Å². The first kappa shape index (κ1) is 17.5. The second kappa shape index (κ2) is 7.64. The Morgan fingerprint density at radius 1 is 1.14 bits per heavy atom. The number of aliphatic hydroxyl groups is 1. The van der Waals surface area contributed by atoms with Crippen molar-refractivity contribution in [2.24, 2.45) is 0 Å². The largest absolute Gasteiger partial charge is 0.389 e. The SMILES string of the molecule is CC(C)(C)OCC(O)CN1CCN(c2ccc(Cl)cc2)CC1. The smallest absolute Gasteiger partial charge is 0.0900 e. The Kier molecular flexibility index (Phi) is 6.09. The lowest BCUT2D eigenvalue weighted by Crippen LogP contribution is -2.49. The van der Waals surface area contributed by atoms with Crippen molar-refractivity contribution in [2.45, 2.75) is 32.5 Å². The Labute approximate surface area is 138 Å². The molecule has 1 heterocycles. The molecule has 1 unspecified atom stereocenters.